The number of aryl methyl sites for hydroxylation is 1. The lowest BCUT2D eigenvalue weighted by Crippen LogP contribution is -2.37. The molecule has 0 aliphatic carbocycles. The lowest BCUT2D eigenvalue weighted by atomic mass is 10.1. The van der Waals surface area contributed by atoms with Gasteiger partial charge in [0.15, 0.2) is 0 Å². The largest absolute Gasteiger partial charge is 0.347 e. The van der Waals surface area contributed by atoms with Crippen LogP contribution in [0.4, 0.5) is 9.18 Å². The fourth-order valence-corrected chi connectivity index (χ4v) is 2.86. The SMILES string of the molecule is O=C(NCCCn1ccc2ccccc21)NCCc1ccccc1F. The number of nitrogens with zero attached hydrogens (tertiary/aromatic N) is 1. The van der Waals surface area contributed by atoms with Gasteiger partial charge in [-0.1, -0.05) is 36.4 Å². The van der Waals surface area contributed by atoms with Gasteiger partial charge in [-0.25, -0.2) is 9.18 Å². The summed E-state index contributed by atoms with van der Waals surface area (Å²) in [5.74, 6) is -0.233. The molecular weight excluding hydrogens is 317 g/mol. The van der Waals surface area contributed by atoms with Gasteiger partial charge in [0.1, 0.15) is 5.82 Å². The summed E-state index contributed by atoms with van der Waals surface area (Å²) >= 11 is 0. The second-order valence-electron chi connectivity index (χ2n) is 5.95. The van der Waals surface area contributed by atoms with Crippen molar-refractivity contribution in [1.29, 1.82) is 0 Å². The Morgan fingerprint density at radius 2 is 1.72 bits per heavy atom. The molecule has 3 aromatic rings. The topological polar surface area (TPSA) is 46.1 Å². The van der Waals surface area contributed by atoms with E-state index in [-0.39, 0.29) is 11.8 Å². The molecule has 2 aromatic carbocycles. The summed E-state index contributed by atoms with van der Waals surface area (Å²) in [6, 6.07) is 16.7. The van der Waals surface area contributed by atoms with Crippen molar-refractivity contribution < 1.29 is 9.18 Å². The van der Waals surface area contributed by atoms with E-state index in [2.05, 4.69) is 39.6 Å². The molecule has 1 aromatic heterocycles. The zero-order chi connectivity index (χ0) is 17.5. The van der Waals surface area contributed by atoms with Crippen LogP contribution in [0.2, 0.25) is 0 Å². The molecule has 2 amide bonds. The molecule has 0 aliphatic rings. The molecular formula is C20H22FN3O. The lowest BCUT2D eigenvalue weighted by Gasteiger charge is -2.09. The van der Waals surface area contributed by atoms with Crippen LogP contribution in [-0.2, 0) is 13.0 Å². The molecule has 1 heterocycles. The first-order valence-corrected chi connectivity index (χ1v) is 8.53. The molecule has 0 bridgehead atoms. The van der Waals surface area contributed by atoms with E-state index in [9.17, 15) is 9.18 Å². The third-order valence-corrected chi connectivity index (χ3v) is 4.18. The van der Waals surface area contributed by atoms with Gasteiger partial charge in [-0.05, 0) is 42.0 Å². The van der Waals surface area contributed by atoms with Crippen LogP contribution in [0.1, 0.15) is 12.0 Å². The maximum atomic E-state index is 13.5. The third-order valence-electron chi connectivity index (χ3n) is 4.18. The van der Waals surface area contributed by atoms with Crippen LogP contribution < -0.4 is 10.6 Å². The molecule has 2 N–H and O–H groups in total. The fraction of sp³-hybridized carbons (Fsp3) is 0.250. The van der Waals surface area contributed by atoms with Crippen molar-refractivity contribution in [3.8, 4) is 0 Å². The molecule has 4 nitrogen and oxygen atoms in total. The summed E-state index contributed by atoms with van der Waals surface area (Å²) in [5.41, 5.74) is 1.82. The van der Waals surface area contributed by atoms with Crippen LogP contribution >= 0.6 is 0 Å². The Labute approximate surface area is 146 Å². The number of para-hydroxylation sites is 1. The predicted molar refractivity (Wildman–Crippen MR) is 98.1 cm³/mol. The molecule has 0 saturated carbocycles. The molecule has 3 rings (SSSR count). The van der Waals surface area contributed by atoms with Gasteiger partial charge in [0.2, 0.25) is 0 Å². The van der Waals surface area contributed by atoms with Gasteiger partial charge in [0, 0.05) is 31.3 Å². The number of rotatable bonds is 7. The molecule has 0 aliphatic heterocycles. The number of carbonyl (C=O) groups excluding carboxylic acids is 1. The Morgan fingerprint density at radius 3 is 2.60 bits per heavy atom. The summed E-state index contributed by atoms with van der Waals surface area (Å²) in [6.45, 7) is 1.86. The average molecular weight is 339 g/mol. The lowest BCUT2D eigenvalue weighted by molar-refractivity contribution is 0.240. The maximum absolute atomic E-state index is 13.5. The first-order valence-electron chi connectivity index (χ1n) is 8.53. The molecule has 0 atom stereocenters. The fourth-order valence-electron chi connectivity index (χ4n) is 2.86. The molecule has 25 heavy (non-hydrogen) atoms. The van der Waals surface area contributed by atoms with E-state index < -0.39 is 0 Å². The quantitative estimate of drug-likeness (QED) is 0.633. The monoisotopic (exact) mass is 339 g/mol. The Kier molecular flexibility index (Phi) is 5.67. The molecule has 0 radical (unpaired) electrons. The zero-order valence-electron chi connectivity index (χ0n) is 14.0. The van der Waals surface area contributed by atoms with Crippen molar-refractivity contribution in [3.63, 3.8) is 0 Å². The Balaban J connectivity index is 1.35. The number of urea groups is 1. The number of amides is 2. The van der Waals surface area contributed by atoms with Crippen LogP contribution in [-0.4, -0.2) is 23.7 Å². The Hall–Kier alpha value is -2.82. The van der Waals surface area contributed by atoms with Crippen molar-refractivity contribution in [2.45, 2.75) is 19.4 Å². The van der Waals surface area contributed by atoms with E-state index in [0.29, 0.717) is 25.1 Å². The van der Waals surface area contributed by atoms with Crippen molar-refractivity contribution in [2.24, 2.45) is 0 Å². The van der Waals surface area contributed by atoms with Crippen LogP contribution in [0.25, 0.3) is 10.9 Å². The summed E-state index contributed by atoms with van der Waals surface area (Å²) < 4.78 is 15.7. The van der Waals surface area contributed by atoms with E-state index in [1.165, 1.54) is 17.0 Å². The summed E-state index contributed by atoms with van der Waals surface area (Å²) in [4.78, 5) is 11.8. The average Bonchev–Trinajstić information content (AvgIpc) is 3.04. The number of hydrogen-bond donors (Lipinski definition) is 2. The van der Waals surface area contributed by atoms with Gasteiger partial charge >= 0.3 is 6.03 Å². The number of carbonyl (C=O) groups is 1. The van der Waals surface area contributed by atoms with E-state index in [1.54, 1.807) is 18.2 Å². The maximum Gasteiger partial charge on any atom is 0.314 e. The molecule has 0 fully saturated rings. The van der Waals surface area contributed by atoms with Crippen LogP contribution in [0, 0.1) is 5.82 Å². The van der Waals surface area contributed by atoms with E-state index in [0.717, 1.165) is 13.0 Å². The van der Waals surface area contributed by atoms with Gasteiger partial charge in [0.25, 0.3) is 0 Å². The van der Waals surface area contributed by atoms with E-state index in [4.69, 9.17) is 0 Å². The van der Waals surface area contributed by atoms with E-state index >= 15 is 0 Å². The number of nitrogens with one attached hydrogen (secondary N) is 2. The summed E-state index contributed by atoms with van der Waals surface area (Å²) in [7, 11) is 0. The minimum atomic E-state index is -0.233. The Bertz CT molecular complexity index is 844. The van der Waals surface area contributed by atoms with Gasteiger partial charge < -0.3 is 15.2 Å². The van der Waals surface area contributed by atoms with Crippen molar-refractivity contribution >= 4 is 16.9 Å². The molecule has 0 unspecified atom stereocenters. The van der Waals surface area contributed by atoms with Crippen LogP contribution in [0.3, 0.4) is 0 Å². The molecule has 0 saturated heterocycles. The predicted octanol–water partition coefficient (Wildman–Crippen LogP) is 3.71. The van der Waals surface area contributed by atoms with Gasteiger partial charge in [-0.15, -0.1) is 0 Å². The third kappa shape index (κ3) is 4.59. The number of benzene rings is 2. The van der Waals surface area contributed by atoms with Gasteiger partial charge in [-0.3, -0.25) is 0 Å². The smallest absolute Gasteiger partial charge is 0.314 e. The van der Waals surface area contributed by atoms with Gasteiger partial charge in [-0.2, -0.15) is 0 Å². The molecule has 130 valence electrons. The number of aromatic nitrogens is 1. The molecule has 5 heteroatoms. The van der Waals surface area contributed by atoms with Crippen LogP contribution in [0.5, 0.6) is 0 Å². The summed E-state index contributed by atoms with van der Waals surface area (Å²) in [6.07, 6.45) is 3.40. The number of hydrogen-bond acceptors (Lipinski definition) is 1. The minimum Gasteiger partial charge on any atom is -0.347 e. The van der Waals surface area contributed by atoms with Gasteiger partial charge in [0.05, 0.1) is 0 Å². The first kappa shape index (κ1) is 17.0. The van der Waals surface area contributed by atoms with E-state index in [1.807, 2.05) is 12.1 Å². The second-order valence-corrected chi connectivity index (χ2v) is 5.95. The zero-order valence-corrected chi connectivity index (χ0v) is 14.0. The highest BCUT2D eigenvalue weighted by Gasteiger charge is 2.03. The normalized spacial score (nSPS) is 10.8. The van der Waals surface area contributed by atoms with Crippen molar-refractivity contribution in [1.82, 2.24) is 15.2 Å². The van der Waals surface area contributed by atoms with Crippen molar-refractivity contribution in [2.75, 3.05) is 13.1 Å². The van der Waals surface area contributed by atoms with Crippen molar-refractivity contribution in [3.05, 3.63) is 72.2 Å². The van der Waals surface area contributed by atoms with Crippen LogP contribution in [0.15, 0.2) is 60.8 Å². The minimum absolute atomic E-state index is 0.214. The highest BCUT2D eigenvalue weighted by Crippen LogP contribution is 2.15. The number of fused-ring (bicyclic) bond motifs is 1. The first-order chi connectivity index (χ1) is 12.2. The highest BCUT2D eigenvalue weighted by molar-refractivity contribution is 5.79. The standard InChI is InChI=1S/C20H22FN3O/c21-18-8-3-1-6-16(18)10-13-23-20(25)22-12-5-14-24-15-11-17-7-2-4-9-19(17)24/h1-4,6-9,11,15H,5,10,12-14H2,(H2,22,23,25). The summed E-state index contributed by atoms with van der Waals surface area (Å²) in [5, 5.41) is 6.82. The Morgan fingerprint density at radius 1 is 0.960 bits per heavy atom. The highest BCUT2D eigenvalue weighted by atomic mass is 19.1. The molecule has 0 spiro atoms. The number of halogens is 1. The second kappa shape index (κ2) is 8.33.